The van der Waals surface area contributed by atoms with Gasteiger partial charge in [0.25, 0.3) is 0 Å². The minimum Gasteiger partial charge on any atom is -0.493 e. The van der Waals surface area contributed by atoms with Crippen molar-refractivity contribution in [3.8, 4) is 11.5 Å². The molecule has 0 bridgehead atoms. The Labute approximate surface area is 172 Å². The lowest BCUT2D eigenvalue weighted by molar-refractivity contribution is -0.274. The average molecular weight is 429 g/mol. The van der Waals surface area contributed by atoms with Gasteiger partial charge in [-0.1, -0.05) is 6.92 Å². The highest BCUT2D eigenvalue weighted by Gasteiger charge is 2.45. The maximum atomic E-state index is 12.3. The number of rotatable bonds is 8. The molecule has 166 valence electrons. The molecule has 2 N–H and O–H groups in total. The molecule has 7 nitrogen and oxygen atoms in total. The molecule has 1 aromatic heterocycles. The zero-order chi connectivity index (χ0) is 21.8. The van der Waals surface area contributed by atoms with Gasteiger partial charge >= 0.3 is 6.36 Å². The molecule has 0 saturated heterocycles. The van der Waals surface area contributed by atoms with Crippen LogP contribution in [-0.2, 0) is 6.54 Å². The van der Waals surface area contributed by atoms with E-state index in [-0.39, 0.29) is 24.2 Å². The van der Waals surface area contributed by atoms with Crippen molar-refractivity contribution in [2.75, 3.05) is 13.2 Å². The number of halogens is 3. The van der Waals surface area contributed by atoms with Gasteiger partial charge in [-0.2, -0.15) is 5.10 Å². The summed E-state index contributed by atoms with van der Waals surface area (Å²) in [6, 6.07) is 5.23. The number of ether oxygens (including phenoxy) is 2. The van der Waals surface area contributed by atoms with E-state index in [4.69, 9.17) is 4.74 Å². The Balaban J connectivity index is 1.67. The maximum absolute atomic E-state index is 12.3. The zero-order valence-electron chi connectivity index (χ0n) is 16.6. The Morgan fingerprint density at radius 3 is 2.53 bits per heavy atom. The third-order valence-corrected chi connectivity index (χ3v) is 5.88. The Morgan fingerprint density at radius 2 is 1.93 bits per heavy atom. The second-order valence-electron chi connectivity index (χ2n) is 7.98. The van der Waals surface area contributed by atoms with E-state index in [9.17, 15) is 23.4 Å². The van der Waals surface area contributed by atoms with E-state index in [1.54, 1.807) is 11.0 Å². The predicted molar refractivity (Wildman–Crippen MR) is 101 cm³/mol. The summed E-state index contributed by atoms with van der Waals surface area (Å²) in [6.45, 7) is 2.72. The number of aromatic nitrogens is 3. The molecule has 3 rings (SSSR count). The molecular weight excluding hydrogens is 403 g/mol. The largest absolute Gasteiger partial charge is 0.573 e. The van der Waals surface area contributed by atoms with Crippen LogP contribution in [0.3, 0.4) is 0 Å². The monoisotopic (exact) mass is 429 g/mol. The van der Waals surface area contributed by atoms with E-state index >= 15 is 0 Å². The summed E-state index contributed by atoms with van der Waals surface area (Å²) < 4.78 is 48.2. The standard InChI is InChI=1S/C20H26F3N3O4/c1-19(8-9-27)7-6-14(17(18(19)28)10-26-13-24-12-25-26)11-29-15-2-4-16(5-3-15)30-20(21,22)23/h2-5,12-14,17-18,27-28H,6-11H2,1H3/t14-,17-,18+,19-/m0/s1. The third-order valence-electron chi connectivity index (χ3n) is 5.88. The lowest BCUT2D eigenvalue weighted by atomic mass is 9.63. The molecule has 1 fully saturated rings. The van der Waals surface area contributed by atoms with Gasteiger partial charge in [0.05, 0.1) is 12.7 Å². The van der Waals surface area contributed by atoms with Crippen LogP contribution in [0.25, 0.3) is 0 Å². The van der Waals surface area contributed by atoms with Gasteiger partial charge in [-0.3, -0.25) is 4.68 Å². The maximum Gasteiger partial charge on any atom is 0.573 e. The van der Waals surface area contributed by atoms with Crippen LogP contribution in [0.2, 0.25) is 0 Å². The number of hydrogen-bond donors (Lipinski definition) is 2. The molecule has 1 saturated carbocycles. The first-order valence-electron chi connectivity index (χ1n) is 9.80. The molecule has 0 amide bonds. The normalized spacial score (nSPS) is 27.1. The molecule has 0 aliphatic heterocycles. The fourth-order valence-electron chi connectivity index (χ4n) is 4.12. The fourth-order valence-corrected chi connectivity index (χ4v) is 4.12. The van der Waals surface area contributed by atoms with Gasteiger partial charge < -0.3 is 19.7 Å². The molecule has 1 aliphatic carbocycles. The Kier molecular flexibility index (Phi) is 6.87. The van der Waals surface area contributed by atoms with Crippen LogP contribution >= 0.6 is 0 Å². The molecule has 1 heterocycles. The molecule has 0 spiro atoms. The second-order valence-corrected chi connectivity index (χ2v) is 7.98. The van der Waals surface area contributed by atoms with Crippen molar-refractivity contribution in [1.29, 1.82) is 0 Å². The molecule has 0 radical (unpaired) electrons. The van der Waals surface area contributed by atoms with Crippen LogP contribution in [0.4, 0.5) is 13.2 Å². The van der Waals surface area contributed by atoms with Crippen LogP contribution in [0, 0.1) is 17.3 Å². The van der Waals surface area contributed by atoms with Crippen molar-refractivity contribution in [2.45, 2.75) is 45.2 Å². The highest BCUT2D eigenvalue weighted by atomic mass is 19.4. The van der Waals surface area contributed by atoms with Crippen LogP contribution in [0.15, 0.2) is 36.9 Å². The van der Waals surface area contributed by atoms with Gasteiger partial charge in [-0.05, 0) is 48.9 Å². The summed E-state index contributed by atoms with van der Waals surface area (Å²) in [5, 5.41) is 24.6. The quantitative estimate of drug-likeness (QED) is 0.671. The Hall–Kier alpha value is -2.33. The zero-order valence-corrected chi connectivity index (χ0v) is 16.6. The number of hydrogen-bond acceptors (Lipinski definition) is 6. The highest BCUT2D eigenvalue weighted by Crippen LogP contribution is 2.45. The van der Waals surface area contributed by atoms with Crippen molar-refractivity contribution >= 4 is 0 Å². The topological polar surface area (TPSA) is 89.6 Å². The summed E-state index contributed by atoms with van der Waals surface area (Å²) in [7, 11) is 0. The first kappa shape index (κ1) is 22.4. The van der Waals surface area contributed by atoms with Gasteiger partial charge in [0.1, 0.15) is 24.2 Å². The summed E-state index contributed by atoms with van der Waals surface area (Å²) in [6.07, 6.45) is -0.386. The van der Waals surface area contributed by atoms with Gasteiger partial charge in [-0.25, -0.2) is 4.98 Å². The van der Waals surface area contributed by atoms with E-state index in [1.165, 1.54) is 30.6 Å². The summed E-state index contributed by atoms with van der Waals surface area (Å²) in [4.78, 5) is 3.94. The summed E-state index contributed by atoms with van der Waals surface area (Å²) in [5.74, 6) is -0.0686. The van der Waals surface area contributed by atoms with E-state index in [2.05, 4.69) is 14.8 Å². The Morgan fingerprint density at radius 1 is 1.23 bits per heavy atom. The molecule has 4 atom stereocenters. The van der Waals surface area contributed by atoms with Crippen molar-refractivity contribution in [3.63, 3.8) is 0 Å². The van der Waals surface area contributed by atoms with Gasteiger partial charge in [-0.15, -0.1) is 13.2 Å². The minimum absolute atomic E-state index is 0.00192. The van der Waals surface area contributed by atoms with Gasteiger partial charge in [0.2, 0.25) is 0 Å². The van der Waals surface area contributed by atoms with Crippen LogP contribution < -0.4 is 9.47 Å². The minimum atomic E-state index is -4.74. The first-order valence-corrected chi connectivity index (χ1v) is 9.80. The fraction of sp³-hybridized carbons (Fsp3) is 0.600. The number of nitrogens with zero attached hydrogens (tertiary/aromatic N) is 3. The van der Waals surface area contributed by atoms with Crippen molar-refractivity contribution in [1.82, 2.24) is 14.8 Å². The molecule has 1 aliphatic rings. The van der Waals surface area contributed by atoms with E-state index in [0.29, 0.717) is 25.3 Å². The van der Waals surface area contributed by atoms with Crippen LogP contribution in [-0.4, -0.2) is 50.7 Å². The summed E-state index contributed by atoms with van der Waals surface area (Å²) >= 11 is 0. The lowest BCUT2D eigenvalue weighted by Crippen LogP contribution is -2.49. The number of aliphatic hydroxyl groups excluding tert-OH is 2. The number of aliphatic hydroxyl groups is 2. The highest BCUT2D eigenvalue weighted by molar-refractivity contribution is 5.31. The smallest absolute Gasteiger partial charge is 0.493 e. The van der Waals surface area contributed by atoms with Gasteiger partial charge in [0.15, 0.2) is 0 Å². The number of alkyl halides is 3. The average Bonchev–Trinajstić information content (AvgIpc) is 3.19. The lowest BCUT2D eigenvalue weighted by Gasteiger charge is -2.47. The van der Waals surface area contributed by atoms with Gasteiger partial charge in [0, 0.05) is 25.0 Å². The SMILES string of the molecule is C[C@@]1(CCO)CC[C@@H](COc2ccc(OC(F)(F)F)cc2)[C@H](Cn2cncn2)[C@H]1O. The van der Waals surface area contributed by atoms with E-state index in [1.807, 2.05) is 6.92 Å². The molecule has 30 heavy (non-hydrogen) atoms. The van der Waals surface area contributed by atoms with Crippen molar-refractivity contribution < 1.29 is 32.9 Å². The molecule has 2 aromatic rings. The van der Waals surface area contributed by atoms with Crippen LogP contribution in [0.5, 0.6) is 11.5 Å². The molecular formula is C20H26F3N3O4. The molecule has 0 unspecified atom stereocenters. The number of benzene rings is 1. The second kappa shape index (κ2) is 9.22. The Bertz CT molecular complexity index is 786. The van der Waals surface area contributed by atoms with Crippen LogP contribution in [0.1, 0.15) is 26.2 Å². The first-order chi connectivity index (χ1) is 14.2. The predicted octanol–water partition coefficient (Wildman–Crippen LogP) is 3.03. The van der Waals surface area contributed by atoms with Crippen molar-refractivity contribution in [2.24, 2.45) is 17.3 Å². The third kappa shape index (κ3) is 5.63. The van der Waals surface area contributed by atoms with E-state index < -0.39 is 17.9 Å². The summed E-state index contributed by atoms with van der Waals surface area (Å²) in [5.41, 5.74) is -0.410. The van der Waals surface area contributed by atoms with Crippen molar-refractivity contribution in [3.05, 3.63) is 36.9 Å². The molecule has 10 heteroatoms. The molecule has 1 aromatic carbocycles. The van der Waals surface area contributed by atoms with E-state index in [0.717, 1.165) is 12.8 Å².